The van der Waals surface area contributed by atoms with Crippen LogP contribution in [0.4, 0.5) is 11.4 Å². The van der Waals surface area contributed by atoms with E-state index >= 15 is 0 Å². The molecule has 2 amide bonds. The Labute approximate surface area is 169 Å². The lowest BCUT2D eigenvalue weighted by atomic mass is 10.1. The molecule has 3 rings (SSSR count). The van der Waals surface area contributed by atoms with Crippen LogP contribution in [0.15, 0.2) is 60.7 Å². The van der Waals surface area contributed by atoms with Crippen molar-refractivity contribution in [2.75, 3.05) is 17.2 Å². The maximum atomic E-state index is 12.4. The Morgan fingerprint density at radius 1 is 1.00 bits per heavy atom. The van der Waals surface area contributed by atoms with Crippen LogP contribution in [0.5, 0.6) is 5.75 Å². The summed E-state index contributed by atoms with van der Waals surface area (Å²) in [4.78, 5) is 24.4. The van der Waals surface area contributed by atoms with Crippen LogP contribution in [0.25, 0.3) is 0 Å². The number of aromatic amines is 1. The highest BCUT2D eigenvalue weighted by molar-refractivity contribution is 6.03. The summed E-state index contributed by atoms with van der Waals surface area (Å²) in [6.45, 7) is 4.07. The van der Waals surface area contributed by atoms with Crippen LogP contribution < -0.4 is 15.4 Å². The fourth-order valence-corrected chi connectivity index (χ4v) is 2.75. The molecule has 0 spiro atoms. The van der Waals surface area contributed by atoms with E-state index in [4.69, 9.17) is 4.74 Å². The van der Waals surface area contributed by atoms with E-state index in [2.05, 4.69) is 34.7 Å². The molecule has 0 aliphatic carbocycles. The number of H-pyrrole nitrogens is 1. The van der Waals surface area contributed by atoms with Gasteiger partial charge in [0.15, 0.2) is 12.3 Å². The van der Waals surface area contributed by atoms with Gasteiger partial charge in [-0.1, -0.05) is 38.1 Å². The van der Waals surface area contributed by atoms with Crippen molar-refractivity contribution < 1.29 is 14.3 Å². The highest BCUT2D eigenvalue weighted by Crippen LogP contribution is 2.18. The van der Waals surface area contributed by atoms with Crippen molar-refractivity contribution >= 4 is 23.2 Å². The first-order valence-electron chi connectivity index (χ1n) is 9.43. The molecule has 0 saturated heterocycles. The molecule has 7 nitrogen and oxygen atoms in total. The van der Waals surface area contributed by atoms with Crippen LogP contribution in [0.2, 0.25) is 0 Å². The van der Waals surface area contributed by atoms with Gasteiger partial charge in [0.2, 0.25) is 0 Å². The van der Waals surface area contributed by atoms with Crippen LogP contribution in [0, 0.1) is 5.92 Å². The zero-order valence-corrected chi connectivity index (χ0v) is 16.4. The van der Waals surface area contributed by atoms with E-state index in [9.17, 15) is 9.59 Å². The first-order chi connectivity index (χ1) is 14.0. The van der Waals surface area contributed by atoms with E-state index < -0.39 is 0 Å². The Balaban J connectivity index is 1.54. The van der Waals surface area contributed by atoms with E-state index in [0.717, 1.165) is 12.1 Å². The van der Waals surface area contributed by atoms with Gasteiger partial charge in [0.1, 0.15) is 5.75 Å². The molecule has 7 heteroatoms. The summed E-state index contributed by atoms with van der Waals surface area (Å²) in [7, 11) is 0. The molecule has 0 radical (unpaired) electrons. The van der Waals surface area contributed by atoms with Crippen molar-refractivity contribution in [2.45, 2.75) is 20.3 Å². The third-order valence-corrected chi connectivity index (χ3v) is 4.01. The zero-order chi connectivity index (χ0) is 20.6. The number of carbonyl (C=O) groups is 2. The molecule has 3 N–H and O–H groups in total. The van der Waals surface area contributed by atoms with Crippen molar-refractivity contribution in [3.63, 3.8) is 0 Å². The Hall–Kier alpha value is -3.61. The molecule has 1 aromatic heterocycles. The number of anilines is 2. The molecular formula is C22H24N4O3. The highest BCUT2D eigenvalue weighted by atomic mass is 16.5. The second kappa shape index (κ2) is 9.54. The minimum Gasteiger partial charge on any atom is -0.484 e. The number of para-hydroxylation sites is 1. The molecule has 3 aromatic rings. The smallest absolute Gasteiger partial charge is 0.276 e. The summed E-state index contributed by atoms with van der Waals surface area (Å²) in [5.74, 6) is 0.378. The second-order valence-corrected chi connectivity index (χ2v) is 7.06. The molecule has 1 heterocycles. The highest BCUT2D eigenvalue weighted by Gasteiger charge is 2.12. The fraction of sp³-hybridized carbons (Fsp3) is 0.227. The number of benzene rings is 2. The molecule has 0 saturated carbocycles. The molecular weight excluding hydrogens is 368 g/mol. The lowest BCUT2D eigenvalue weighted by Crippen LogP contribution is -2.20. The Morgan fingerprint density at radius 3 is 2.52 bits per heavy atom. The third-order valence-electron chi connectivity index (χ3n) is 4.01. The molecule has 29 heavy (non-hydrogen) atoms. The number of carbonyl (C=O) groups excluding carboxylic acids is 2. The fourth-order valence-electron chi connectivity index (χ4n) is 2.75. The Bertz CT molecular complexity index is 967. The van der Waals surface area contributed by atoms with E-state index in [1.807, 2.05) is 18.2 Å². The van der Waals surface area contributed by atoms with Crippen molar-refractivity contribution in [3.05, 3.63) is 72.1 Å². The van der Waals surface area contributed by atoms with Gasteiger partial charge in [-0.3, -0.25) is 14.7 Å². The lowest BCUT2D eigenvalue weighted by Gasteiger charge is -2.09. The van der Waals surface area contributed by atoms with E-state index in [1.165, 1.54) is 0 Å². The van der Waals surface area contributed by atoms with Gasteiger partial charge < -0.3 is 15.4 Å². The van der Waals surface area contributed by atoms with Gasteiger partial charge in [-0.2, -0.15) is 5.10 Å². The monoisotopic (exact) mass is 392 g/mol. The predicted molar refractivity (Wildman–Crippen MR) is 112 cm³/mol. The normalized spacial score (nSPS) is 10.6. The van der Waals surface area contributed by atoms with E-state index in [-0.39, 0.29) is 18.4 Å². The molecule has 0 unspecified atom stereocenters. The topological polar surface area (TPSA) is 96.1 Å². The molecule has 0 aliphatic rings. The minimum absolute atomic E-state index is 0.135. The summed E-state index contributed by atoms with van der Waals surface area (Å²) in [5, 5.41) is 12.5. The zero-order valence-electron chi connectivity index (χ0n) is 16.4. The van der Waals surface area contributed by atoms with Crippen molar-refractivity contribution in [1.29, 1.82) is 0 Å². The molecule has 2 aromatic carbocycles. The van der Waals surface area contributed by atoms with Crippen molar-refractivity contribution in [1.82, 2.24) is 10.2 Å². The maximum Gasteiger partial charge on any atom is 0.276 e. The van der Waals surface area contributed by atoms with Gasteiger partial charge in [-0.05, 0) is 42.7 Å². The summed E-state index contributed by atoms with van der Waals surface area (Å²) in [5.41, 5.74) is 2.52. The van der Waals surface area contributed by atoms with Gasteiger partial charge in [0, 0.05) is 23.1 Å². The summed E-state index contributed by atoms with van der Waals surface area (Å²) >= 11 is 0. The van der Waals surface area contributed by atoms with Crippen molar-refractivity contribution in [2.24, 2.45) is 5.92 Å². The van der Waals surface area contributed by atoms with Crippen molar-refractivity contribution in [3.8, 4) is 5.75 Å². The van der Waals surface area contributed by atoms with Crippen LogP contribution in [-0.4, -0.2) is 28.6 Å². The van der Waals surface area contributed by atoms with Crippen LogP contribution in [0.3, 0.4) is 0 Å². The number of hydrogen-bond acceptors (Lipinski definition) is 4. The number of rotatable bonds is 8. The Kier molecular flexibility index (Phi) is 6.63. The lowest BCUT2D eigenvalue weighted by molar-refractivity contribution is -0.118. The molecule has 0 aliphatic heterocycles. The first-order valence-corrected chi connectivity index (χ1v) is 9.43. The number of nitrogens with zero attached hydrogens (tertiary/aromatic N) is 1. The molecule has 0 atom stereocenters. The number of aromatic nitrogens is 2. The number of nitrogens with one attached hydrogen (secondary N) is 3. The van der Waals surface area contributed by atoms with Gasteiger partial charge in [0.25, 0.3) is 11.8 Å². The summed E-state index contributed by atoms with van der Waals surface area (Å²) in [6, 6.07) is 17.8. The number of hydrogen-bond donors (Lipinski definition) is 3. The quantitative estimate of drug-likeness (QED) is 0.542. The van der Waals surface area contributed by atoms with Crippen LogP contribution in [-0.2, 0) is 11.2 Å². The van der Waals surface area contributed by atoms with Gasteiger partial charge >= 0.3 is 0 Å². The SMILES string of the molecule is CC(C)Cc1cc(C(=O)Nc2cccc(OCC(=O)Nc3ccccc3)c2)n[nH]1. The maximum absolute atomic E-state index is 12.4. The second-order valence-electron chi connectivity index (χ2n) is 7.06. The van der Waals surface area contributed by atoms with Crippen LogP contribution >= 0.6 is 0 Å². The third kappa shape index (κ3) is 6.21. The molecule has 150 valence electrons. The Morgan fingerprint density at radius 2 is 1.76 bits per heavy atom. The van der Waals surface area contributed by atoms with Crippen LogP contribution in [0.1, 0.15) is 30.0 Å². The largest absolute Gasteiger partial charge is 0.484 e. The van der Waals surface area contributed by atoms with Gasteiger partial charge in [-0.15, -0.1) is 0 Å². The summed E-state index contributed by atoms with van der Waals surface area (Å²) in [6.07, 6.45) is 0.828. The average Bonchev–Trinajstić information content (AvgIpc) is 3.15. The van der Waals surface area contributed by atoms with E-state index in [0.29, 0.717) is 28.7 Å². The summed E-state index contributed by atoms with van der Waals surface area (Å²) < 4.78 is 5.53. The first kappa shape index (κ1) is 20.1. The predicted octanol–water partition coefficient (Wildman–Crippen LogP) is 3.88. The standard InChI is InChI=1S/C22H24N4O3/c1-15(2)11-18-13-20(26-25-18)22(28)24-17-9-6-10-19(12-17)29-14-21(27)23-16-7-4-3-5-8-16/h3-10,12-13,15H,11,14H2,1-2H3,(H,23,27)(H,24,28)(H,25,26). The molecule has 0 fully saturated rings. The average molecular weight is 392 g/mol. The van der Waals surface area contributed by atoms with Gasteiger partial charge in [0.05, 0.1) is 0 Å². The van der Waals surface area contributed by atoms with E-state index in [1.54, 1.807) is 42.5 Å². The molecule has 0 bridgehead atoms. The van der Waals surface area contributed by atoms with Gasteiger partial charge in [-0.25, -0.2) is 0 Å². The minimum atomic E-state index is -0.310. The number of ether oxygens (including phenoxy) is 1. The number of amides is 2.